The van der Waals surface area contributed by atoms with Crippen molar-refractivity contribution < 1.29 is 0 Å². The summed E-state index contributed by atoms with van der Waals surface area (Å²) in [5.74, 6) is 0.861. The molecule has 0 aromatic carbocycles. The maximum absolute atomic E-state index is 9.56. The summed E-state index contributed by atoms with van der Waals surface area (Å²) in [5.41, 5.74) is -0.108. The number of nitrogens with zero attached hydrogens (tertiary/aromatic N) is 2. The van der Waals surface area contributed by atoms with Gasteiger partial charge in [0.15, 0.2) is 0 Å². The molecule has 1 heterocycles. The van der Waals surface area contributed by atoms with Crippen molar-refractivity contribution in [3.63, 3.8) is 0 Å². The van der Waals surface area contributed by atoms with Crippen molar-refractivity contribution in [1.82, 2.24) is 4.98 Å². The van der Waals surface area contributed by atoms with Crippen molar-refractivity contribution in [2.75, 3.05) is 0 Å². The first-order valence-electron chi connectivity index (χ1n) is 7.00. The van der Waals surface area contributed by atoms with Gasteiger partial charge in [-0.25, -0.2) is 4.98 Å². The van der Waals surface area contributed by atoms with E-state index < -0.39 is 0 Å². The lowest BCUT2D eigenvalue weighted by atomic mass is 9.68. The molecule has 98 valence electrons. The molecule has 18 heavy (non-hydrogen) atoms. The molecule has 2 nitrogen and oxygen atoms in total. The highest BCUT2D eigenvalue weighted by atomic mass is 32.1. The van der Waals surface area contributed by atoms with E-state index in [0.717, 1.165) is 30.2 Å². The maximum atomic E-state index is 9.56. The zero-order valence-electron chi connectivity index (χ0n) is 11.4. The van der Waals surface area contributed by atoms with Crippen LogP contribution in [-0.4, -0.2) is 4.98 Å². The van der Waals surface area contributed by atoms with Gasteiger partial charge >= 0.3 is 0 Å². The summed E-state index contributed by atoms with van der Waals surface area (Å²) in [6.45, 7) is 4.29. The van der Waals surface area contributed by atoms with Crippen molar-refractivity contribution in [3.8, 4) is 6.07 Å². The number of aromatic nitrogens is 1. The lowest BCUT2D eigenvalue weighted by Crippen LogP contribution is -2.28. The van der Waals surface area contributed by atoms with E-state index in [1.807, 2.05) is 13.1 Å². The van der Waals surface area contributed by atoms with E-state index in [2.05, 4.69) is 18.0 Å². The summed E-state index contributed by atoms with van der Waals surface area (Å²) in [6, 6.07) is 2.62. The van der Waals surface area contributed by atoms with Crippen molar-refractivity contribution >= 4 is 11.3 Å². The lowest BCUT2D eigenvalue weighted by molar-refractivity contribution is 0.201. The van der Waals surface area contributed by atoms with Crippen LogP contribution in [0.3, 0.4) is 0 Å². The van der Waals surface area contributed by atoms with Crippen LogP contribution >= 0.6 is 11.3 Å². The fraction of sp³-hybridized carbons (Fsp3) is 0.733. The Bertz CT molecular complexity index is 422. The average Bonchev–Trinajstić information content (AvgIpc) is 2.78. The molecule has 0 spiro atoms. The molecule has 0 unspecified atom stereocenters. The molecule has 1 aromatic heterocycles. The second-order valence-electron chi connectivity index (χ2n) is 5.65. The Balaban J connectivity index is 1.99. The van der Waals surface area contributed by atoms with Gasteiger partial charge in [-0.05, 0) is 38.5 Å². The number of hydrogen-bond donors (Lipinski definition) is 0. The number of hydrogen-bond acceptors (Lipinski definition) is 3. The van der Waals surface area contributed by atoms with E-state index >= 15 is 0 Å². The zero-order valence-corrected chi connectivity index (χ0v) is 12.2. The maximum Gasteiger partial charge on any atom is 0.0896 e. The first-order valence-corrected chi connectivity index (χ1v) is 7.81. The van der Waals surface area contributed by atoms with Crippen LogP contribution in [0.4, 0.5) is 0 Å². The van der Waals surface area contributed by atoms with Gasteiger partial charge in [0.2, 0.25) is 0 Å². The first-order chi connectivity index (χ1) is 8.67. The highest BCUT2D eigenvalue weighted by molar-refractivity contribution is 7.11. The van der Waals surface area contributed by atoms with Gasteiger partial charge in [0, 0.05) is 17.5 Å². The Hall–Kier alpha value is -0.880. The van der Waals surface area contributed by atoms with Gasteiger partial charge in [0.05, 0.1) is 16.5 Å². The summed E-state index contributed by atoms with van der Waals surface area (Å²) in [4.78, 5) is 5.58. The molecule has 0 radical (unpaired) electrons. The molecule has 0 N–H and O–H groups in total. The standard InChI is InChI=1S/C15H22N2S/c1-3-4-13-5-7-15(11-16,8-6-13)9-14-10-17-12(2)18-14/h10,13H,3-9H2,1-2H3. The monoisotopic (exact) mass is 262 g/mol. The molecule has 2 rings (SSSR count). The molecule has 1 fully saturated rings. The quantitative estimate of drug-likeness (QED) is 0.801. The minimum atomic E-state index is -0.108. The van der Waals surface area contributed by atoms with Gasteiger partial charge < -0.3 is 0 Å². The average molecular weight is 262 g/mol. The van der Waals surface area contributed by atoms with Gasteiger partial charge in [-0.3, -0.25) is 0 Å². The largest absolute Gasteiger partial charge is 0.250 e. The summed E-state index contributed by atoms with van der Waals surface area (Å²) in [5, 5.41) is 10.7. The van der Waals surface area contributed by atoms with Crippen LogP contribution in [0, 0.1) is 29.6 Å². The molecule has 0 aliphatic heterocycles. The van der Waals surface area contributed by atoms with Crippen LogP contribution in [0.2, 0.25) is 0 Å². The lowest BCUT2D eigenvalue weighted by Gasteiger charge is -2.34. The van der Waals surface area contributed by atoms with E-state index in [4.69, 9.17) is 0 Å². The van der Waals surface area contributed by atoms with Crippen LogP contribution < -0.4 is 0 Å². The van der Waals surface area contributed by atoms with E-state index in [1.165, 1.54) is 30.6 Å². The smallest absolute Gasteiger partial charge is 0.0896 e. The molecule has 0 saturated heterocycles. The van der Waals surface area contributed by atoms with Gasteiger partial charge in [0.25, 0.3) is 0 Å². The third-order valence-corrected chi connectivity index (χ3v) is 5.09. The topological polar surface area (TPSA) is 36.7 Å². The normalized spacial score (nSPS) is 27.9. The molecule has 0 bridgehead atoms. The summed E-state index contributed by atoms with van der Waals surface area (Å²) >= 11 is 1.74. The molecule has 1 aliphatic rings. The van der Waals surface area contributed by atoms with E-state index in [-0.39, 0.29) is 5.41 Å². The number of rotatable bonds is 4. The highest BCUT2D eigenvalue weighted by Gasteiger charge is 2.35. The van der Waals surface area contributed by atoms with E-state index in [0.29, 0.717) is 0 Å². The van der Waals surface area contributed by atoms with Gasteiger partial charge in [0.1, 0.15) is 0 Å². The Morgan fingerprint density at radius 1 is 1.50 bits per heavy atom. The minimum Gasteiger partial charge on any atom is -0.250 e. The Kier molecular flexibility index (Phi) is 4.40. The van der Waals surface area contributed by atoms with Crippen LogP contribution in [0.1, 0.15) is 55.3 Å². The van der Waals surface area contributed by atoms with Crippen LogP contribution in [-0.2, 0) is 6.42 Å². The molecular weight excluding hydrogens is 240 g/mol. The van der Waals surface area contributed by atoms with Crippen molar-refractivity contribution in [3.05, 3.63) is 16.1 Å². The van der Waals surface area contributed by atoms with Crippen LogP contribution in [0.15, 0.2) is 6.20 Å². The Morgan fingerprint density at radius 3 is 2.72 bits per heavy atom. The number of thiazole rings is 1. The zero-order chi connectivity index (χ0) is 13.0. The van der Waals surface area contributed by atoms with Gasteiger partial charge in [-0.1, -0.05) is 19.8 Å². The van der Waals surface area contributed by atoms with E-state index in [9.17, 15) is 5.26 Å². The Morgan fingerprint density at radius 2 is 2.22 bits per heavy atom. The molecule has 1 saturated carbocycles. The van der Waals surface area contributed by atoms with Gasteiger partial charge in [-0.15, -0.1) is 11.3 Å². The SMILES string of the molecule is CCCC1CCC(C#N)(Cc2cnc(C)s2)CC1. The second kappa shape index (κ2) is 5.84. The molecular formula is C15H22N2S. The van der Waals surface area contributed by atoms with Crippen molar-refractivity contribution in [2.45, 2.75) is 58.8 Å². The first kappa shape index (κ1) is 13.5. The molecule has 1 aromatic rings. The summed E-state index contributed by atoms with van der Waals surface area (Å²) in [6.07, 6.45) is 10.1. The fourth-order valence-electron chi connectivity index (χ4n) is 3.08. The second-order valence-corrected chi connectivity index (χ2v) is 6.97. The molecule has 0 amide bonds. The summed E-state index contributed by atoms with van der Waals surface area (Å²) in [7, 11) is 0. The van der Waals surface area contributed by atoms with Crippen LogP contribution in [0.25, 0.3) is 0 Å². The Labute approximate surface area is 114 Å². The third kappa shape index (κ3) is 3.11. The third-order valence-electron chi connectivity index (χ3n) is 4.18. The highest BCUT2D eigenvalue weighted by Crippen LogP contribution is 2.42. The molecule has 3 heteroatoms. The minimum absolute atomic E-state index is 0.108. The van der Waals surface area contributed by atoms with Crippen molar-refractivity contribution in [1.29, 1.82) is 5.26 Å². The number of aryl methyl sites for hydroxylation is 1. The summed E-state index contributed by atoms with van der Waals surface area (Å²) < 4.78 is 0. The predicted octanol–water partition coefficient (Wildman–Crippen LogP) is 4.49. The molecule has 1 aliphatic carbocycles. The molecule has 0 atom stereocenters. The van der Waals surface area contributed by atoms with E-state index in [1.54, 1.807) is 11.3 Å². The van der Waals surface area contributed by atoms with Crippen LogP contribution in [0.5, 0.6) is 0 Å². The van der Waals surface area contributed by atoms with Crippen molar-refractivity contribution in [2.24, 2.45) is 11.3 Å². The number of nitriles is 1. The fourth-order valence-corrected chi connectivity index (χ4v) is 4.01. The van der Waals surface area contributed by atoms with Gasteiger partial charge in [-0.2, -0.15) is 5.26 Å². The predicted molar refractivity (Wildman–Crippen MR) is 75.5 cm³/mol.